The van der Waals surface area contributed by atoms with Crippen LogP contribution >= 0.6 is 0 Å². The van der Waals surface area contributed by atoms with E-state index in [0.29, 0.717) is 56.7 Å². The Morgan fingerprint density at radius 1 is 0.579 bits per heavy atom. The van der Waals surface area contributed by atoms with Crippen LogP contribution in [0.5, 0.6) is 11.5 Å². The van der Waals surface area contributed by atoms with Crippen LogP contribution in [0, 0.1) is 0 Å². The minimum atomic E-state index is -0.427. The van der Waals surface area contributed by atoms with E-state index in [-0.39, 0.29) is 49.7 Å². The fraction of sp³-hybridized carbons (Fsp3) is 0.750. The molecule has 0 saturated carbocycles. The standard InChI is InChI=1S/C44H70O13/c1-36(45)22-25-41(47)53-30-16-10-6-4-8-15-29-52-39-24-23-37(51-28-14-7-3-5-9-17-31-54-42(48)27-26-40(46)50-2)35-38(39)44(49)57-34-19-12-11-18-32-55-43-21-13-20-33-56-43/h23-24,35,43H,3-22,25-34H2,1-2H3. The average molecular weight is 807 g/mol. The Balaban J connectivity index is 1.68. The van der Waals surface area contributed by atoms with Crippen LogP contribution in [0.1, 0.15) is 165 Å². The van der Waals surface area contributed by atoms with Crippen molar-refractivity contribution in [3.8, 4) is 11.5 Å². The molecule has 0 spiro atoms. The van der Waals surface area contributed by atoms with Crippen LogP contribution in [-0.2, 0) is 47.6 Å². The number of hydrogen-bond donors (Lipinski definition) is 0. The lowest BCUT2D eigenvalue weighted by Crippen LogP contribution is -2.22. The summed E-state index contributed by atoms with van der Waals surface area (Å²) < 4.78 is 44.1. The third-order valence-electron chi connectivity index (χ3n) is 9.46. The molecule has 0 amide bonds. The van der Waals surface area contributed by atoms with E-state index in [1.807, 2.05) is 6.07 Å². The second-order valence-corrected chi connectivity index (χ2v) is 14.5. The van der Waals surface area contributed by atoms with Crippen molar-refractivity contribution in [3.63, 3.8) is 0 Å². The van der Waals surface area contributed by atoms with Gasteiger partial charge in [-0.2, -0.15) is 0 Å². The highest BCUT2D eigenvalue weighted by atomic mass is 16.7. The lowest BCUT2D eigenvalue weighted by molar-refractivity contribution is -0.162. The molecule has 57 heavy (non-hydrogen) atoms. The fourth-order valence-electron chi connectivity index (χ4n) is 6.04. The molecule has 13 heteroatoms. The number of esters is 4. The molecule has 1 unspecified atom stereocenters. The summed E-state index contributed by atoms with van der Waals surface area (Å²) in [7, 11) is 1.29. The molecule has 1 saturated heterocycles. The molecule has 2 rings (SSSR count). The van der Waals surface area contributed by atoms with Crippen LogP contribution in [0.3, 0.4) is 0 Å². The Hall–Kier alpha value is -3.71. The van der Waals surface area contributed by atoms with Gasteiger partial charge in [-0.1, -0.05) is 57.8 Å². The number of ether oxygens (including phenoxy) is 8. The SMILES string of the molecule is COC(=O)CCC(=O)OCCCCCCCCOc1ccc(OCCCCCCCCOC(=O)CCC(C)=O)c(C(=O)OCCCCCCOC2CCCCO2)c1. The van der Waals surface area contributed by atoms with Crippen molar-refractivity contribution >= 4 is 29.7 Å². The largest absolute Gasteiger partial charge is 0.494 e. The first kappa shape index (κ1) is 49.4. The highest BCUT2D eigenvalue weighted by molar-refractivity contribution is 5.93. The number of benzene rings is 1. The van der Waals surface area contributed by atoms with Crippen molar-refractivity contribution in [2.75, 3.05) is 53.4 Å². The van der Waals surface area contributed by atoms with Crippen molar-refractivity contribution in [1.82, 2.24) is 0 Å². The first-order valence-corrected chi connectivity index (χ1v) is 21.5. The Kier molecular flexibility index (Phi) is 28.9. The Morgan fingerprint density at radius 3 is 1.65 bits per heavy atom. The molecule has 13 nitrogen and oxygen atoms in total. The van der Waals surface area contributed by atoms with Gasteiger partial charge in [0.2, 0.25) is 0 Å². The summed E-state index contributed by atoms with van der Waals surface area (Å²) >= 11 is 0. The van der Waals surface area contributed by atoms with Crippen LogP contribution in [0.4, 0.5) is 0 Å². The maximum Gasteiger partial charge on any atom is 0.342 e. The first-order chi connectivity index (χ1) is 27.8. The van der Waals surface area contributed by atoms with E-state index in [0.717, 1.165) is 129 Å². The molecule has 1 heterocycles. The van der Waals surface area contributed by atoms with E-state index in [4.69, 9.17) is 33.2 Å². The van der Waals surface area contributed by atoms with Gasteiger partial charge in [-0.05, 0) is 89.3 Å². The molecule has 0 radical (unpaired) electrons. The van der Waals surface area contributed by atoms with Gasteiger partial charge in [0.1, 0.15) is 22.8 Å². The predicted molar refractivity (Wildman–Crippen MR) is 214 cm³/mol. The summed E-state index contributed by atoms with van der Waals surface area (Å²) in [5, 5.41) is 0. The average Bonchev–Trinajstić information content (AvgIpc) is 3.21. The van der Waals surface area contributed by atoms with Crippen LogP contribution in [0.15, 0.2) is 18.2 Å². The zero-order chi connectivity index (χ0) is 41.2. The number of Topliss-reactive ketones (excluding diaryl/α,β-unsaturated/α-hetero) is 1. The van der Waals surface area contributed by atoms with E-state index in [1.54, 1.807) is 12.1 Å². The molecule has 1 atom stereocenters. The number of methoxy groups -OCH3 is 1. The van der Waals surface area contributed by atoms with Crippen LogP contribution in [0.25, 0.3) is 0 Å². The van der Waals surface area contributed by atoms with Crippen molar-refractivity contribution < 1.29 is 61.9 Å². The summed E-state index contributed by atoms with van der Waals surface area (Å²) in [5.74, 6) is -0.486. The minimum absolute atomic E-state index is 0.0129. The van der Waals surface area contributed by atoms with E-state index in [9.17, 15) is 24.0 Å². The molecule has 1 fully saturated rings. The summed E-state index contributed by atoms with van der Waals surface area (Å²) in [4.78, 5) is 58.6. The van der Waals surface area contributed by atoms with Crippen molar-refractivity contribution in [2.24, 2.45) is 0 Å². The fourth-order valence-corrected chi connectivity index (χ4v) is 6.04. The second-order valence-electron chi connectivity index (χ2n) is 14.5. The van der Waals surface area contributed by atoms with Crippen LogP contribution < -0.4 is 9.47 Å². The maximum absolute atomic E-state index is 13.2. The lowest BCUT2D eigenvalue weighted by Gasteiger charge is -2.22. The van der Waals surface area contributed by atoms with Gasteiger partial charge in [-0.3, -0.25) is 14.4 Å². The molecular formula is C44H70O13. The zero-order valence-electron chi connectivity index (χ0n) is 34.8. The molecule has 1 aliphatic rings. The number of unbranched alkanes of at least 4 members (excludes halogenated alkanes) is 13. The van der Waals surface area contributed by atoms with Crippen LogP contribution in [-0.4, -0.2) is 89.3 Å². The molecule has 1 aromatic carbocycles. The number of hydrogen-bond acceptors (Lipinski definition) is 13. The Bertz CT molecular complexity index is 1260. The molecule has 0 aromatic heterocycles. The number of carbonyl (C=O) groups is 5. The van der Waals surface area contributed by atoms with Crippen molar-refractivity contribution in [1.29, 1.82) is 0 Å². The zero-order valence-corrected chi connectivity index (χ0v) is 34.8. The maximum atomic E-state index is 13.2. The molecule has 0 bridgehead atoms. The molecule has 0 N–H and O–H groups in total. The van der Waals surface area contributed by atoms with Gasteiger partial charge in [0.25, 0.3) is 0 Å². The van der Waals surface area contributed by atoms with E-state index >= 15 is 0 Å². The third kappa shape index (κ3) is 26.8. The third-order valence-corrected chi connectivity index (χ3v) is 9.46. The number of rotatable bonds is 35. The number of carbonyl (C=O) groups excluding carboxylic acids is 5. The topological polar surface area (TPSA) is 159 Å². The van der Waals surface area contributed by atoms with E-state index in [1.165, 1.54) is 14.0 Å². The van der Waals surface area contributed by atoms with Gasteiger partial charge >= 0.3 is 23.9 Å². The Labute approximate surface area is 340 Å². The molecule has 324 valence electrons. The normalized spacial score (nSPS) is 13.8. The molecule has 1 aromatic rings. The smallest absolute Gasteiger partial charge is 0.342 e. The quantitative estimate of drug-likeness (QED) is 0.0364. The molecule has 0 aliphatic carbocycles. The van der Waals surface area contributed by atoms with Gasteiger partial charge in [-0.15, -0.1) is 0 Å². The monoisotopic (exact) mass is 806 g/mol. The predicted octanol–water partition coefficient (Wildman–Crippen LogP) is 8.79. The highest BCUT2D eigenvalue weighted by Gasteiger charge is 2.17. The summed E-state index contributed by atoms with van der Waals surface area (Å²) in [6.45, 7) is 4.98. The number of ketones is 1. The lowest BCUT2D eigenvalue weighted by atomic mass is 10.1. The van der Waals surface area contributed by atoms with Crippen molar-refractivity contribution in [2.45, 2.75) is 161 Å². The molecular weight excluding hydrogens is 736 g/mol. The van der Waals surface area contributed by atoms with Gasteiger partial charge in [-0.25, -0.2) is 4.79 Å². The van der Waals surface area contributed by atoms with Gasteiger partial charge in [0.15, 0.2) is 6.29 Å². The second kappa shape index (κ2) is 33.3. The summed E-state index contributed by atoms with van der Waals surface area (Å²) in [6.07, 6.45) is 18.5. The van der Waals surface area contributed by atoms with Crippen LogP contribution in [0.2, 0.25) is 0 Å². The summed E-state index contributed by atoms with van der Waals surface area (Å²) in [6, 6.07) is 5.32. The van der Waals surface area contributed by atoms with E-state index < -0.39 is 11.9 Å². The highest BCUT2D eigenvalue weighted by Crippen LogP contribution is 2.26. The van der Waals surface area contributed by atoms with Crippen molar-refractivity contribution in [3.05, 3.63) is 23.8 Å². The Morgan fingerprint density at radius 2 is 1.09 bits per heavy atom. The van der Waals surface area contributed by atoms with Gasteiger partial charge < -0.3 is 42.7 Å². The minimum Gasteiger partial charge on any atom is -0.494 e. The molecule has 1 aliphatic heterocycles. The van der Waals surface area contributed by atoms with Gasteiger partial charge in [0, 0.05) is 19.6 Å². The van der Waals surface area contributed by atoms with E-state index in [2.05, 4.69) is 4.74 Å². The first-order valence-electron chi connectivity index (χ1n) is 21.5. The van der Waals surface area contributed by atoms with Gasteiger partial charge in [0.05, 0.1) is 59.4 Å². The summed E-state index contributed by atoms with van der Waals surface area (Å²) in [5.41, 5.74) is 0.359.